The molecule has 0 radical (unpaired) electrons. The minimum absolute atomic E-state index is 0.00239. The molecule has 3 rings (SSSR count). The highest BCUT2D eigenvalue weighted by atomic mass is 32.1. The summed E-state index contributed by atoms with van der Waals surface area (Å²) in [5.41, 5.74) is 0. The van der Waals surface area contributed by atoms with Crippen molar-refractivity contribution in [1.29, 1.82) is 0 Å². The van der Waals surface area contributed by atoms with Gasteiger partial charge in [-0.05, 0) is 44.0 Å². The van der Waals surface area contributed by atoms with Gasteiger partial charge in [-0.25, -0.2) is 0 Å². The van der Waals surface area contributed by atoms with E-state index in [1.807, 2.05) is 17.0 Å². The van der Waals surface area contributed by atoms with Gasteiger partial charge in [-0.15, -0.1) is 11.3 Å². The van der Waals surface area contributed by atoms with Gasteiger partial charge in [0.2, 0.25) is 11.8 Å². The van der Waals surface area contributed by atoms with Gasteiger partial charge in [-0.2, -0.15) is 0 Å². The molecule has 2 amide bonds. The van der Waals surface area contributed by atoms with Crippen LogP contribution < -0.4 is 5.32 Å². The van der Waals surface area contributed by atoms with Gasteiger partial charge in [0, 0.05) is 42.4 Å². The number of nitrogens with one attached hydrogen (secondary N) is 1. The minimum Gasteiger partial charge on any atom is -0.468 e. The van der Waals surface area contributed by atoms with Crippen molar-refractivity contribution >= 4 is 23.2 Å². The first-order valence-electron chi connectivity index (χ1n) is 9.44. The number of aryl methyl sites for hydroxylation is 1. The fraction of sp³-hybridized carbons (Fsp3) is 0.500. The number of hydrogen-bond donors (Lipinski definition) is 1. The number of thiophene rings is 1. The molecule has 0 atom stereocenters. The van der Waals surface area contributed by atoms with Gasteiger partial charge in [-0.3, -0.25) is 14.5 Å². The third-order valence-corrected chi connectivity index (χ3v) is 5.59. The Hall–Kier alpha value is -2.12. The Morgan fingerprint density at radius 1 is 1.33 bits per heavy atom. The average molecular weight is 390 g/mol. The number of furan rings is 1. The molecule has 2 aromatic heterocycles. The maximum atomic E-state index is 12.4. The molecule has 3 heterocycles. The van der Waals surface area contributed by atoms with Crippen molar-refractivity contribution in [3.05, 3.63) is 46.0 Å². The van der Waals surface area contributed by atoms with Gasteiger partial charge in [0.25, 0.3) is 0 Å². The SMILES string of the molecule is Cc1ccc(CN(CC(=O)NCCCN2CCCC2=O)Cc2ccco2)s1. The molecule has 1 aliphatic heterocycles. The van der Waals surface area contributed by atoms with E-state index in [0.29, 0.717) is 26.1 Å². The molecule has 1 saturated heterocycles. The molecule has 2 aromatic rings. The lowest BCUT2D eigenvalue weighted by Crippen LogP contribution is -2.37. The van der Waals surface area contributed by atoms with Gasteiger partial charge in [-0.1, -0.05) is 0 Å². The Morgan fingerprint density at radius 2 is 2.22 bits per heavy atom. The van der Waals surface area contributed by atoms with Crippen molar-refractivity contribution in [2.75, 3.05) is 26.2 Å². The molecule has 0 unspecified atom stereocenters. The second-order valence-corrected chi connectivity index (χ2v) is 8.30. The quantitative estimate of drug-likeness (QED) is 0.635. The van der Waals surface area contributed by atoms with Crippen LogP contribution in [0.25, 0.3) is 0 Å². The van der Waals surface area contributed by atoms with Crippen LogP contribution >= 0.6 is 11.3 Å². The summed E-state index contributed by atoms with van der Waals surface area (Å²) >= 11 is 1.75. The number of rotatable bonds is 10. The molecule has 1 fully saturated rings. The van der Waals surface area contributed by atoms with Crippen molar-refractivity contribution in [2.45, 2.75) is 39.3 Å². The number of amides is 2. The van der Waals surface area contributed by atoms with Crippen molar-refractivity contribution < 1.29 is 14.0 Å². The van der Waals surface area contributed by atoms with Gasteiger partial charge < -0.3 is 14.6 Å². The van der Waals surface area contributed by atoms with Crippen molar-refractivity contribution in [3.63, 3.8) is 0 Å². The summed E-state index contributed by atoms with van der Waals surface area (Å²) in [5.74, 6) is 1.09. The monoisotopic (exact) mass is 389 g/mol. The number of carbonyl (C=O) groups is 2. The molecular weight excluding hydrogens is 362 g/mol. The zero-order valence-corrected chi connectivity index (χ0v) is 16.6. The topological polar surface area (TPSA) is 65.8 Å². The summed E-state index contributed by atoms with van der Waals surface area (Å²) < 4.78 is 5.45. The molecule has 146 valence electrons. The Morgan fingerprint density at radius 3 is 2.89 bits per heavy atom. The molecule has 0 aromatic carbocycles. The Labute approximate surface area is 164 Å². The van der Waals surface area contributed by atoms with Crippen LogP contribution in [0.3, 0.4) is 0 Å². The molecule has 0 bridgehead atoms. The lowest BCUT2D eigenvalue weighted by Gasteiger charge is -2.20. The van der Waals surface area contributed by atoms with Gasteiger partial charge >= 0.3 is 0 Å². The molecule has 0 saturated carbocycles. The molecule has 0 spiro atoms. The zero-order chi connectivity index (χ0) is 19.1. The first kappa shape index (κ1) is 19.6. The summed E-state index contributed by atoms with van der Waals surface area (Å²) in [6, 6.07) is 8.01. The van der Waals surface area contributed by atoms with Crippen LogP contribution in [0.15, 0.2) is 34.9 Å². The second kappa shape index (κ2) is 9.71. The largest absolute Gasteiger partial charge is 0.468 e. The van der Waals surface area contributed by atoms with Crippen LogP contribution in [-0.4, -0.2) is 47.8 Å². The highest BCUT2D eigenvalue weighted by molar-refractivity contribution is 7.11. The maximum absolute atomic E-state index is 12.4. The molecule has 27 heavy (non-hydrogen) atoms. The van der Waals surface area contributed by atoms with Crippen molar-refractivity contribution in [1.82, 2.24) is 15.1 Å². The fourth-order valence-electron chi connectivity index (χ4n) is 3.28. The zero-order valence-electron chi connectivity index (χ0n) is 15.8. The lowest BCUT2D eigenvalue weighted by atomic mass is 10.3. The van der Waals surface area contributed by atoms with E-state index in [1.165, 1.54) is 9.75 Å². The van der Waals surface area contributed by atoms with Gasteiger partial charge in [0.1, 0.15) is 5.76 Å². The summed E-state index contributed by atoms with van der Waals surface area (Å²) in [6.07, 6.45) is 4.06. The average Bonchev–Trinajstić information content (AvgIpc) is 3.36. The first-order chi connectivity index (χ1) is 13.1. The van der Waals surface area contributed by atoms with Crippen LogP contribution in [0.2, 0.25) is 0 Å². The summed E-state index contributed by atoms with van der Waals surface area (Å²) in [6.45, 7) is 5.89. The van der Waals surface area contributed by atoms with E-state index in [4.69, 9.17) is 4.42 Å². The molecule has 1 N–H and O–H groups in total. The van der Waals surface area contributed by atoms with E-state index < -0.39 is 0 Å². The summed E-state index contributed by atoms with van der Waals surface area (Å²) in [7, 11) is 0. The van der Waals surface area contributed by atoms with Crippen LogP contribution in [-0.2, 0) is 22.7 Å². The standard InChI is InChI=1S/C20H27N3O3S/c1-16-7-8-18(27-16)14-22(13-17-5-3-12-26-17)15-19(24)21-9-4-11-23-10-2-6-20(23)25/h3,5,7-8,12H,2,4,6,9-11,13-15H2,1H3,(H,21,24). The summed E-state index contributed by atoms with van der Waals surface area (Å²) in [4.78, 5) is 30.4. The van der Waals surface area contributed by atoms with Gasteiger partial charge in [0.05, 0.1) is 19.4 Å². The first-order valence-corrected chi connectivity index (χ1v) is 10.3. The third kappa shape index (κ3) is 6.22. The van der Waals surface area contributed by atoms with Crippen LogP contribution in [0, 0.1) is 6.92 Å². The highest BCUT2D eigenvalue weighted by Gasteiger charge is 2.19. The number of nitrogens with zero attached hydrogens (tertiary/aromatic N) is 2. The lowest BCUT2D eigenvalue weighted by molar-refractivity contribution is -0.127. The predicted octanol–water partition coefficient (Wildman–Crippen LogP) is 2.78. The van der Waals surface area contributed by atoms with Gasteiger partial charge in [0.15, 0.2) is 0 Å². The highest BCUT2D eigenvalue weighted by Crippen LogP contribution is 2.18. The smallest absolute Gasteiger partial charge is 0.234 e. The van der Waals surface area contributed by atoms with Crippen LogP contribution in [0.5, 0.6) is 0 Å². The Balaban J connectivity index is 1.45. The third-order valence-electron chi connectivity index (χ3n) is 4.60. The van der Waals surface area contributed by atoms with E-state index in [0.717, 1.165) is 38.2 Å². The molecule has 7 heteroatoms. The van der Waals surface area contributed by atoms with E-state index >= 15 is 0 Å². The van der Waals surface area contributed by atoms with E-state index in [9.17, 15) is 9.59 Å². The molecular formula is C20H27N3O3S. The Bertz CT molecular complexity index is 742. The van der Waals surface area contributed by atoms with E-state index in [-0.39, 0.29) is 11.8 Å². The van der Waals surface area contributed by atoms with Crippen molar-refractivity contribution in [2.24, 2.45) is 0 Å². The van der Waals surface area contributed by atoms with E-state index in [2.05, 4.69) is 29.3 Å². The molecule has 1 aliphatic rings. The summed E-state index contributed by atoms with van der Waals surface area (Å²) in [5, 5.41) is 2.98. The van der Waals surface area contributed by atoms with Crippen LogP contribution in [0.4, 0.5) is 0 Å². The maximum Gasteiger partial charge on any atom is 0.234 e. The number of hydrogen-bond acceptors (Lipinski definition) is 5. The number of carbonyl (C=O) groups excluding carboxylic acids is 2. The second-order valence-electron chi connectivity index (χ2n) is 6.92. The predicted molar refractivity (Wildman–Crippen MR) is 105 cm³/mol. The molecule has 6 nitrogen and oxygen atoms in total. The van der Waals surface area contributed by atoms with Crippen LogP contribution in [0.1, 0.15) is 34.8 Å². The van der Waals surface area contributed by atoms with E-state index in [1.54, 1.807) is 17.6 Å². The Kier molecular flexibility index (Phi) is 7.06. The normalized spacial score (nSPS) is 14.3. The number of likely N-dealkylation sites (tertiary alicyclic amines) is 1. The minimum atomic E-state index is 0.00239. The van der Waals surface area contributed by atoms with Crippen molar-refractivity contribution in [3.8, 4) is 0 Å². The fourth-order valence-corrected chi connectivity index (χ4v) is 4.21. The molecule has 0 aliphatic carbocycles.